The van der Waals surface area contributed by atoms with Crippen molar-refractivity contribution >= 4 is 40.2 Å². The molecule has 0 aliphatic heterocycles. The highest BCUT2D eigenvalue weighted by Gasteiger charge is 2.23. The summed E-state index contributed by atoms with van der Waals surface area (Å²) in [7, 11) is 0. The SMILES string of the molecule is CCOC(=O)c1nc(I)c(CCl)cc1C(F)F. The van der Waals surface area contributed by atoms with Crippen LogP contribution in [0.15, 0.2) is 6.07 Å². The van der Waals surface area contributed by atoms with E-state index in [4.69, 9.17) is 11.6 Å². The maximum Gasteiger partial charge on any atom is 0.357 e. The second-order valence-corrected chi connectivity index (χ2v) is 4.32. The first-order valence-corrected chi connectivity index (χ1v) is 6.33. The Morgan fingerprint density at radius 1 is 1.65 bits per heavy atom. The Morgan fingerprint density at radius 2 is 2.29 bits per heavy atom. The van der Waals surface area contributed by atoms with E-state index < -0.39 is 18.0 Å². The third-order valence-corrected chi connectivity index (χ3v) is 3.15. The van der Waals surface area contributed by atoms with Gasteiger partial charge in [-0.25, -0.2) is 18.6 Å². The molecule has 0 saturated heterocycles. The molecule has 17 heavy (non-hydrogen) atoms. The fourth-order valence-corrected chi connectivity index (χ4v) is 2.19. The largest absolute Gasteiger partial charge is 0.461 e. The van der Waals surface area contributed by atoms with Gasteiger partial charge in [-0.2, -0.15) is 0 Å². The lowest BCUT2D eigenvalue weighted by molar-refractivity contribution is 0.0507. The van der Waals surface area contributed by atoms with Gasteiger partial charge in [0.1, 0.15) is 3.70 Å². The maximum atomic E-state index is 12.8. The molecular formula is C10H9ClF2INO2. The lowest BCUT2D eigenvalue weighted by atomic mass is 10.1. The minimum Gasteiger partial charge on any atom is -0.461 e. The summed E-state index contributed by atoms with van der Waals surface area (Å²) in [6.45, 7) is 1.70. The van der Waals surface area contributed by atoms with E-state index in [0.29, 0.717) is 9.26 Å². The van der Waals surface area contributed by atoms with Crippen molar-refractivity contribution in [2.24, 2.45) is 0 Å². The Morgan fingerprint density at radius 3 is 2.76 bits per heavy atom. The average Bonchev–Trinajstić information content (AvgIpc) is 2.28. The van der Waals surface area contributed by atoms with Gasteiger partial charge < -0.3 is 4.74 Å². The normalized spacial score (nSPS) is 10.7. The van der Waals surface area contributed by atoms with Crippen molar-refractivity contribution in [3.8, 4) is 0 Å². The van der Waals surface area contributed by atoms with Crippen molar-refractivity contribution in [3.63, 3.8) is 0 Å². The molecule has 0 aliphatic carbocycles. The number of ether oxygens (including phenoxy) is 1. The maximum absolute atomic E-state index is 12.8. The van der Waals surface area contributed by atoms with E-state index in [-0.39, 0.29) is 18.2 Å². The highest BCUT2D eigenvalue weighted by atomic mass is 127. The van der Waals surface area contributed by atoms with E-state index in [9.17, 15) is 13.6 Å². The second kappa shape index (κ2) is 6.44. The van der Waals surface area contributed by atoms with E-state index >= 15 is 0 Å². The van der Waals surface area contributed by atoms with Crippen molar-refractivity contribution < 1.29 is 18.3 Å². The van der Waals surface area contributed by atoms with Crippen LogP contribution in [0.3, 0.4) is 0 Å². The molecule has 0 aliphatic rings. The summed E-state index contributed by atoms with van der Waals surface area (Å²) < 4.78 is 30.7. The summed E-state index contributed by atoms with van der Waals surface area (Å²) in [6, 6.07) is 1.19. The molecule has 0 saturated carbocycles. The standard InChI is InChI=1S/C10H9ClF2INO2/c1-2-17-10(16)7-6(8(12)13)3-5(4-11)9(14)15-7/h3,8H,2,4H2,1H3. The quantitative estimate of drug-likeness (QED) is 0.350. The Kier molecular flexibility index (Phi) is 5.51. The summed E-state index contributed by atoms with van der Waals surface area (Å²) >= 11 is 7.44. The number of halogens is 4. The predicted octanol–water partition coefficient (Wildman–Crippen LogP) is 3.54. The first-order valence-electron chi connectivity index (χ1n) is 4.71. The van der Waals surface area contributed by atoms with Crippen LogP contribution in [0.2, 0.25) is 0 Å². The van der Waals surface area contributed by atoms with Gasteiger partial charge in [-0.05, 0) is 41.1 Å². The Labute approximate surface area is 116 Å². The number of carbonyl (C=O) groups excluding carboxylic acids is 1. The van der Waals surface area contributed by atoms with E-state index in [1.807, 2.05) is 22.6 Å². The molecule has 1 rings (SSSR count). The zero-order valence-corrected chi connectivity index (χ0v) is 11.8. The number of esters is 1. The molecule has 1 aromatic heterocycles. The van der Waals surface area contributed by atoms with E-state index in [0.717, 1.165) is 0 Å². The first kappa shape index (κ1) is 14.6. The zero-order chi connectivity index (χ0) is 13.0. The number of nitrogens with zero attached hydrogens (tertiary/aromatic N) is 1. The van der Waals surface area contributed by atoms with E-state index in [1.165, 1.54) is 6.07 Å². The van der Waals surface area contributed by atoms with Gasteiger partial charge >= 0.3 is 5.97 Å². The molecule has 0 bridgehead atoms. The van der Waals surface area contributed by atoms with Crippen molar-refractivity contribution in [2.45, 2.75) is 19.2 Å². The molecule has 1 aromatic rings. The van der Waals surface area contributed by atoms with Crippen LogP contribution in [0.5, 0.6) is 0 Å². The molecule has 7 heteroatoms. The van der Waals surface area contributed by atoms with Crippen LogP contribution >= 0.6 is 34.2 Å². The van der Waals surface area contributed by atoms with E-state index in [2.05, 4.69) is 9.72 Å². The molecule has 0 amide bonds. The van der Waals surface area contributed by atoms with Crippen LogP contribution in [0.4, 0.5) is 8.78 Å². The molecule has 0 atom stereocenters. The van der Waals surface area contributed by atoms with Crippen molar-refractivity contribution in [1.29, 1.82) is 0 Å². The Hall–Kier alpha value is -0.500. The van der Waals surface area contributed by atoms with Crippen molar-refractivity contribution in [1.82, 2.24) is 4.98 Å². The molecular weight excluding hydrogens is 366 g/mol. The third kappa shape index (κ3) is 3.48. The van der Waals surface area contributed by atoms with Gasteiger partial charge in [0.05, 0.1) is 12.2 Å². The fourth-order valence-electron chi connectivity index (χ4n) is 1.17. The molecule has 0 fully saturated rings. The summed E-state index contributed by atoms with van der Waals surface area (Å²) in [5, 5.41) is 0. The minimum atomic E-state index is -2.79. The lowest BCUT2D eigenvalue weighted by Gasteiger charge is -2.10. The van der Waals surface area contributed by atoms with Gasteiger partial charge in [0.15, 0.2) is 5.69 Å². The number of carbonyl (C=O) groups is 1. The molecule has 0 radical (unpaired) electrons. The van der Waals surface area contributed by atoms with Crippen molar-refractivity contribution in [2.75, 3.05) is 6.61 Å². The van der Waals surface area contributed by atoms with Crippen LogP contribution < -0.4 is 0 Å². The number of alkyl halides is 3. The first-order chi connectivity index (χ1) is 8.01. The van der Waals surface area contributed by atoms with Crippen LogP contribution in [0.1, 0.15) is 35.0 Å². The van der Waals surface area contributed by atoms with Crippen LogP contribution in [0.25, 0.3) is 0 Å². The Bertz CT molecular complexity index is 429. The van der Waals surface area contributed by atoms with Crippen LogP contribution in [-0.2, 0) is 10.6 Å². The zero-order valence-electron chi connectivity index (χ0n) is 8.84. The van der Waals surface area contributed by atoms with Gasteiger partial charge in [0.25, 0.3) is 6.43 Å². The molecule has 1 heterocycles. The molecule has 94 valence electrons. The second-order valence-electron chi connectivity index (χ2n) is 3.03. The van der Waals surface area contributed by atoms with Crippen LogP contribution in [0, 0.1) is 3.70 Å². The monoisotopic (exact) mass is 375 g/mol. The number of hydrogen-bond acceptors (Lipinski definition) is 3. The Balaban J connectivity index is 3.27. The summed E-state index contributed by atoms with van der Waals surface area (Å²) in [5.41, 5.74) is -0.324. The van der Waals surface area contributed by atoms with E-state index in [1.54, 1.807) is 6.92 Å². The van der Waals surface area contributed by atoms with Gasteiger partial charge in [-0.1, -0.05) is 0 Å². The van der Waals surface area contributed by atoms with Gasteiger partial charge in [0.2, 0.25) is 0 Å². The third-order valence-electron chi connectivity index (χ3n) is 1.93. The smallest absolute Gasteiger partial charge is 0.357 e. The van der Waals surface area contributed by atoms with Gasteiger partial charge in [0, 0.05) is 5.88 Å². The molecule has 0 unspecified atom stereocenters. The number of hydrogen-bond donors (Lipinski definition) is 0. The van der Waals surface area contributed by atoms with Gasteiger partial charge in [-0.15, -0.1) is 11.6 Å². The predicted molar refractivity (Wildman–Crippen MR) is 67.4 cm³/mol. The topological polar surface area (TPSA) is 39.2 Å². The molecule has 0 aromatic carbocycles. The fraction of sp³-hybridized carbons (Fsp3) is 0.400. The number of rotatable bonds is 4. The van der Waals surface area contributed by atoms with Crippen molar-refractivity contribution in [3.05, 3.63) is 26.6 Å². The molecule has 0 spiro atoms. The highest BCUT2D eigenvalue weighted by molar-refractivity contribution is 14.1. The number of pyridine rings is 1. The van der Waals surface area contributed by atoms with Crippen LogP contribution in [-0.4, -0.2) is 17.6 Å². The highest BCUT2D eigenvalue weighted by Crippen LogP contribution is 2.26. The minimum absolute atomic E-state index is 0.0636. The molecule has 3 nitrogen and oxygen atoms in total. The average molecular weight is 376 g/mol. The summed E-state index contributed by atoms with van der Waals surface area (Å²) in [6.07, 6.45) is -2.79. The van der Waals surface area contributed by atoms with Gasteiger partial charge in [-0.3, -0.25) is 0 Å². The summed E-state index contributed by atoms with van der Waals surface area (Å²) in [5.74, 6) is -0.782. The molecule has 0 N–H and O–H groups in total. The number of aromatic nitrogens is 1. The summed E-state index contributed by atoms with van der Waals surface area (Å²) in [4.78, 5) is 15.3. The lowest BCUT2D eigenvalue weighted by Crippen LogP contribution is -2.13.